The number of hydrogen-bond acceptors (Lipinski definition) is 5. The maximum absolute atomic E-state index is 11.5. The first-order valence-electron chi connectivity index (χ1n) is 5.78. The van der Waals surface area contributed by atoms with Crippen molar-refractivity contribution in [3.8, 4) is 0 Å². The van der Waals surface area contributed by atoms with E-state index in [2.05, 4.69) is 5.32 Å². The molecule has 1 aliphatic heterocycles. The summed E-state index contributed by atoms with van der Waals surface area (Å²) in [4.78, 5) is 11.5. The summed E-state index contributed by atoms with van der Waals surface area (Å²) >= 11 is 0. The summed E-state index contributed by atoms with van der Waals surface area (Å²) in [6.45, 7) is 3.63. The maximum Gasteiger partial charge on any atom is 0.310 e. The van der Waals surface area contributed by atoms with Gasteiger partial charge in [-0.15, -0.1) is 0 Å². The number of carbonyl (C=O) groups excluding carboxylic acids is 1. The summed E-state index contributed by atoms with van der Waals surface area (Å²) in [5.74, 6) is -0.0877. The Morgan fingerprint density at radius 1 is 1.31 bits per heavy atom. The number of carbonyl (C=O) groups is 1. The van der Waals surface area contributed by atoms with E-state index < -0.39 is 0 Å². The van der Waals surface area contributed by atoms with Crippen molar-refractivity contribution >= 4 is 5.97 Å². The minimum absolute atomic E-state index is 0.0210. The van der Waals surface area contributed by atoms with Gasteiger partial charge in [-0.3, -0.25) is 4.79 Å². The lowest BCUT2D eigenvalue weighted by atomic mass is 10.0. The first-order valence-corrected chi connectivity index (χ1v) is 5.78. The monoisotopic (exact) mass is 231 g/mol. The molecule has 1 fully saturated rings. The number of hydrogen-bond donors (Lipinski definition) is 1. The van der Waals surface area contributed by atoms with Gasteiger partial charge in [-0.25, -0.2) is 0 Å². The molecule has 1 N–H and O–H groups in total. The van der Waals surface area contributed by atoms with E-state index in [9.17, 15) is 4.79 Å². The van der Waals surface area contributed by atoms with Gasteiger partial charge in [0.15, 0.2) is 0 Å². The van der Waals surface area contributed by atoms with Crippen LogP contribution in [0.3, 0.4) is 0 Å². The lowest BCUT2D eigenvalue weighted by Gasteiger charge is -2.21. The minimum atomic E-state index is -0.109. The van der Waals surface area contributed by atoms with Crippen LogP contribution in [-0.4, -0.2) is 52.6 Å². The van der Waals surface area contributed by atoms with Crippen LogP contribution >= 0.6 is 0 Å². The largest absolute Gasteiger partial charge is 0.463 e. The Kier molecular flexibility index (Phi) is 7.12. The Bertz CT molecular complexity index is 192. The lowest BCUT2D eigenvalue weighted by molar-refractivity contribution is -0.150. The van der Waals surface area contributed by atoms with Gasteiger partial charge < -0.3 is 19.5 Å². The third kappa shape index (κ3) is 5.44. The molecule has 16 heavy (non-hydrogen) atoms. The highest BCUT2D eigenvalue weighted by atomic mass is 16.6. The molecule has 0 bridgehead atoms. The zero-order chi connectivity index (χ0) is 11.6. The Morgan fingerprint density at radius 2 is 2.12 bits per heavy atom. The highest BCUT2D eigenvalue weighted by Gasteiger charge is 2.21. The maximum atomic E-state index is 11.5. The van der Waals surface area contributed by atoms with Crippen molar-refractivity contribution in [1.29, 1.82) is 0 Å². The molecule has 0 saturated carbocycles. The molecule has 0 spiro atoms. The molecule has 0 aromatic rings. The summed E-state index contributed by atoms with van der Waals surface area (Å²) < 4.78 is 15.1. The highest BCUT2D eigenvalue weighted by Crippen LogP contribution is 2.11. The van der Waals surface area contributed by atoms with Gasteiger partial charge in [-0.1, -0.05) is 0 Å². The van der Waals surface area contributed by atoms with Crippen LogP contribution in [0.25, 0.3) is 0 Å². The van der Waals surface area contributed by atoms with Crippen LogP contribution in [0.15, 0.2) is 0 Å². The van der Waals surface area contributed by atoms with E-state index in [1.54, 1.807) is 7.11 Å². The van der Waals surface area contributed by atoms with Crippen LogP contribution in [0.2, 0.25) is 0 Å². The van der Waals surface area contributed by atoms with Gasteiger partial charge in [0.1, 0.15) is 6.61 Å². The Labute approximate surface area is 96.4 Å². The van der Waals surface area contributed by atoms with E-state index in [4.69, 9.17) is 14.2 Å². The summed E-state index contributed by atoms with van der Waals surface area (Å²) in [6.07, 6.45) is 1.97. The zero-order valence-electron chi connectivity index (χ0n) is 9.87. The molecule has 94 valence electrons. The van der Waals surface area contributed by atoms with E-state index in [-0.39, 0.29) is 11.9 Å². The van der Waals surface area contributed by atoms with Gasteiger partial charge >= 0.3 is 5.97 Å². The number of esters is 1. The van der Waals surface area contributed by atoms with Gasteiger partial charge in [-0.05, 0) is 19.4 Å². The van der Waals surface area contributed by atoms with Crippen LogP contribution in [-0.2, 0) is 19.0 Å². The fraction of sp³-hybridized carbons (Fsp3) is 0.909. The normalized spacial score (nSPS) is 20.7. The molecule has 0 aromatic carbocycles. The van der Waals surface area contributed by atoms with E-state index in [1.165, 1.54) is 0 Å². The van der Waals surface area contributed by atoms with Gasteiger partial charge in [-0.2, -0.15) is 0 Å². The van der Waals surface area contributed by atoms with Crippen molar-refractivity contribution in [1.82, 2.24) is 5.32 Å². The van der Waals surface area contributed by atoms with E-state index >= 15 is 0 Å². The molecule has 1 atom stereocenters. The highest BCUT2D eigenvalue weighted by molar-refractivity contribution is 5.72. The topological polar surface area (TPSA) is 56.8 Å². The number of methoxy groups -OCH3 is 1. The molecule has 1 rings (SSSR count). The molecule has 1 unspecified atom stereocenters. The van der Waals surface area contributed by atoms with Gasteiger partial charge in [0, 0.05) is 13.7 Å². The summed E-state index contributed by atoms with van der Waals surface area (Å²) in [6, 6.07) is 0. The fourth-order valence-electron chi connectivity index (χ4n) is 1.62. The molecule has 5 heteroatoms. The molecular weight excluding hydrogens is 210 g/mol. The zero-order valence-corrected chi connectivity index (χ0v) is 9.87. The van der Waals surface area contributed by atoms with Gasteiger partial charge in [0.2, 0.25) is 0 Å². The molecule has 0 radical (unpaired) electrons. The van der Waals surface area contributed by atoms with Crippen molar-refractivity contribution < 1.29 is 19.0 Å². The van der Waals surface area contributed by atoms with Crippen LogP contribution in [0.5, 0.6) is 0 Å². The average molecular weight is 231 g/mol. The second-order valence-corrected chi connectivity index (χ2v) is 3.82. The van der Waals surface area contributed by atoms with Crippen LogP contribution in [0, 0.1) is 5.92 Å². The van der Waals surface area contributed by atoms with Crippen molar-refractivity contribution in [2.75, 3.05) is 46.6 Å². The summed E-state index contributed by atoms with van der Waals surface area (Å²) in [5.41, 5.74) is 0. The summed E-state index contributed by atoms with van der Waals surface area (Å²) in [7, 11) is 1.62. The SMILES string of the molecule is COCCOCCOC(=O)C1CCCNC1. The first-order chi connectivity index (χ1) is 7.84. The number of ether oxygens (including phenoxy) is 3. The van der Waals surface area contributed by atoms with E-state index in [0.29, 0.717) is 26.4 Å². The Morgan fingerprint density at radius 3 is 2.81 bits per heavy atom. The Balaban J connectivity index is 1.97. The quantitative estimate of drug-likeness (QED) is 0.501. The fourth-order valence-corrected chi connectivity index (χ4v) is 1.62. The minimum Gasteiger partial charge on any atom is -0.463 e. The second kappa shape index (κ2) is 8.50. The van der Waals surface area contributed by atoms with Crippen molar-refractivity contribution in [3.63, 3.8) is 0 Å². The molecule has 1 aliphatic rings. The average Bonchev–Trinajstić information content (AvgIpc) is 2.34. The predicted molar refractivity (Wildman–Crippen MR) is 59.2 cm³/mol. The Hall–Kier alpha value is -0.650. The second-order valence-electron chi connectivity index (χ2n) is 3.82. The van der Waals surface area contributed by atoms with Crippen LogP contribution in [0.1, 0.15) is 12.8 Å². The van der Waals surface area contributed by atoms with Crippen molar-refractivity contribution in [2.24, 2.45) is 5.92 Å². The van der Waals surface area contributed by atoms with Crippen LogP contribution < -0.4 is 5.32 Å². The lowest BCUT2D eigenvalue weighted by Crippen LogP contribution is -2.35. The predicted octanol–water partition coefficient (Wildman–Crippen LogP) is 0.192. The van der Waals surface area contributed by atoms with Gasteiger partial charge in [0.25, 0.3) is 0 Å². The molecule has 1 saturated heterocycles. The number of nitrogens with one attached hydrogen (secondary N) is 1. The third-order valence-electron chi connectivity index (χ3n) is 2.53. The summed E-state index contributed by atoms with van der Waals surface area (Å²) in [5, 5.41) is 3.19. The molecule has 1 heterocycles. The number of piperidine rings is 1. The standard InChI is InChI=1S/C11H21NO4/c1-14-5-6-15-7-8-16-11(13)10-3-2-4-12-9-10/h10,12H,2-9H2,1H3. The molecular formula is C11H21NO4. The van der Waals surface area contributed by atoms with Crippen molar-refractivity contribution in [3.05, 3.63) is 0 Å². The molecule has 5 nitrogen and oxygen atoms in total. The van der Waals surface area contributed by atoms with Crippen LogP contribution in [0.4, 0.5) is 0 Å². The van der Waals surface area contributed by atoms with Gasteiger partial charge in [0.05, 0.1) is 25.7 Å². The molecule has 0 aliphatic carbocycles. The van der Waals surface area contributed by atoms with E-state index in [0.717, 1.165) is 25.9 Å². The smallest absolute Gasteiger partial charge is 0.310 e. The molecule has 0 aromatic heterocycles. The third-order valence-corrected chi connectivity index (χ3v) is 2.53. The number of rotatable bonds is 7. The first kappa shape index (κ1) is 13.4. The molecule has 0 amide bonds. The van der Waals surface area contributed by atoms with E-state index in [1.807, 2.05) is 0 Å². The van der Waals surface area contributed by atoms with Crippen molar-refractivity contribution in [2.45, 2.75) is 12.8 Å².